The van der Waals surface area contributed by atoms with Crippen molar-refractivity contribution in [2.24, 2.45) is 5.84 Å². The molecule has 2 nitrogen and oxygen atoms in total. The third-order valence-corrected chi connectivity index (χ3v) is 4.25. The summed E-state index contributed by atoms with van der Waals surface area (Å²) in [5, 5.41) is 0. The molecular formula is C13H12ClF3N2S. The summed E-state index contributed by atoms with van der Waals surface area (Å²) in [5.74, 6) is 5.53. The second-order valence-electron chi connectivity index (χ2n) is 4.31. The topological polar surface area (TPSA) is 38.0 Å². The molecule has 2 rings (SSSR count). The van der Waals surface area contributed by atoms with Gasteiger partial charge in [-0.15, -0.1) is 11.3 Å². The quantitative estimate of drug-likeness (QED) is 0.654. The van der Waals surface area contributed by atoms with Crippen molar-refractivity contribution in [2.45, 2.75) is 19.1 Å². The Morgan fingerprint density at radius 3 is 2.40 bits per heavy atom. The molecule has 1 aromatic carbocycles. The number of benzene rings is 1. The Morgan fingerprint density at radius 2 is 1.95 bits per heavy atom. The van der Waals surface area contributed by atoms with Gasteiger partial charge in [-0.1, -0.05) is 17.7 Å². The van der Waals surface area contributed by atoms with Crippen LogP contribution in [-0.2, 0) is 6.18 Å². The molecule has 0 amide bonds. The van der Waals surface area contributed by atoms with Gasteiger partial charge >= 0.3 is 6.18 Å². The maximum atomic E-state index is 12.7. The molecule has 20 heavy (non-hydrogen) atoms. The SMILES string of the molecule is Cc1cc(C(F)(F)F)ccc1C(NN)c1ccc(Cl)s1. The first kappa shape index (κ1) is 15.3. The fraction of sp³-hybridized carbons (Fsp3) is 0.231. The molecule has 1 aromatic heterocycles. The van der Waals surface area contributed by atoms with Crippen molar-refractivity contribution in [3.8, 4) is 0 Å². The maximum absolute atomic E-state index is 12.7. The van der Waals surface area contributed by atoms with Gasteiger partial charge in [-0.3, -0.25) is 5.84 Å². The molecule has 3 N–H and O–H groups in total. The fourth-order valence-corrected chi connectivity index (χ4v) is 3.12. The normalized spacial score (nSPS) is 13.5. The highest BCUT2D eigenvalue weighted by Gasteiger charge is 2.31. The summed E-state index contributed by atoms with van der Waals surface area (Å²) in [7, 11) is 0. The van der Waals surface area contributed by atoms with E-state index in [2.05, 4.69) is 5.43 Å². The molecule has 0 saturated heterocycles. The first-order valence-corrected chi connectivity index (χ1v) is 6.91. The predicted octanol–water partition coefficient (Wildman–Crippen LogP) is 4.28. The van der Waals surface area contributed by atoms with Crippen LogP contribution in [0.3, 0.4) is 0 Å². The summed E-state index contributed by atoms with van der Waals surface area (Å²) < 4.78 is 38.6. The number of hydrogen-bond donors (Lipinski definition) is 2. The van der Waals surface area contributed by atoms with E-state index in [0.717, 1.165) is 17.0 Å². The number of thiophene rings is 1. The van der Waals surface area contributed by atoms with Gasteiger partial charge in [0.1, 0.15) is 0 Å². The number of hydrogen-bond acceptors (Lipinski definition) is 3. The zero-order chi connectivity index (χ0) is 14.9. The van der Waals surface area contributed by atoms with E-state index in [-0.39, 0.29) is 6.04 Å². The molecule has 1 unspecified atom stereocenters. The van der Waals surface area contributed by atoms with Gasteiger partial charge in [0.2, 0.25) is 0 Å². The van der Waals surface area contributed by atoms with Gasteiger partial charge in [-0.2, -0.15) is 13.2 Å². The number of hydrazine groups is 1. The van der Waals surface area contributed by atoms with Crippen molar-refractivity contribution >= 4 is 22.9 Å². The minimum Gasteiger partial charge on any atom is -0.271 e. The summed E-state index contributed by atoms with van der Waals surface area (Å²) in [6.07, 6.45) is -4.35. The standard InChI is InChI=1S/C13H12ClF3N2S/c1-7-6-8(13(15,16)17)2-3-9(7)12(19-18)10-4-5-11(14)20-10/h2-6,12,19H,18H2,1H3. The maximum Gasteiger partial charge on any atom is 0.416 e. The molecule has 7 heteroatoms. The molecule has 0 bridgehead atoms. The highest BCUT2D eigenvalue weighted by Crippen LogP contribution is 2.35. The molecular weight excluding hydrogens is 309 g/mol. The second-order valence-corrected chi connectivity index (χ2v) is 6.06. The average molecular weight is 321 g/mol. The Balaban J connectivity index is 2.41. The Labute approximate surface area is 123 Å². The monoisotopic (exact) mass is 320 g/mol. The molecule has 0 aliphatic rings. The number of nitrogens with one attached hydrogen (secondary N) is 1. The van der Waals surface area contributed by atoms with Crippen LogP contribution >= 0.6 is 22.9 Å². The van der Waals surface area contributed by atoms with E-state index in [4.69, 9.17) is 17.4 Å². The zero-order valence-corrected chi connectivity index (χ0v) is 12.0. The first-order valence-electron chi connectivity index (χ1n) is 5.72. The van der Waals surface area contributed by atoms with Crippen LogP contribution < -0.4 is 11.3 Å². The summed E-state index contributed by atoms with van der Waals surface area (Å²) in [5.41, 5.74) is 3.16. The second kappa shape index (κ2) is 5.73. The third-order valence-electron chi connectivity index (χ3n) is 2.95. The number of halogens is 4. The van der Waals surface area contributed by atoms with Crippen LogP contribution in [0.2, 0.25) is 4.34 Å². The Morgan fingerprint density at radius 1 is 1.25 bits per heavy atom. The largest absolute Gasteiger partial charge is 0.416 e. The van der Waals surface area contributed by atoms with Gasteiger partial charge in [0.05, 0.1) is 15.9 Å². The lowest BCUT2D eigenvalue weighted by Crippen LogP contribution is -2.28. The van der Waals surface area contributed by atoms with Gasteiger partial charge in [0, 0.05) is 4.88 Å². The van der Waals surface area contributed by atoms with Crippen LogP contribution in [0.15, 0.2) is 30.3 Å². The minimum absolute atomic E-state index is 0.380. The molecule has 1 heterocycles. The lowest BCUT2D eigenvalue weighted by Gasteiger charge is -2.18. The molecule has 0 spiro atoms. The van der Waals surface area contributed by atoms with Gasteiger partial charge in [-0.05, 0) is 42.3 Å². The Bertz CT molecular complexity index is 610. The summed E-state index contributed by atoms with van der Waals surface area (Å²) in [6.45, 7) is 1.63. The molecule has 0 aliphatic heterocycles. The number of rotatable bonds is 3. The predicted molar refractivity (Wildman–Crippen MR) is 74.7 cm³/mol. The van der Waals surface area contributed by atoms with E-state index in [0.29, 0.717) is 15.5 Å². The van der Waals surface area contributed by atoms with Crippen LogP contribution in [0.25, 0.3) is 0 Å². The third kappa shape index (κ3) is 3.15. The van der Waals surface area contributed by atoms with Gasteiger partial charge in [0.25, 0.3) is 0 Å². The minimum atomic E-state index is -4.35. The molecule has 0 saturated carbocycles. The van der Waals surface area contributed by atoms with Crippen LogP contribution in [0.5, 0.6) is 0 Å². The van der Waals surface area contributed by atoms with Crippen LogP contribution in [-0.4, -0.2) is 0 Å². The highest BCUT2D eigenvalue weighted by atomic mass is 35.5. The molecule has 1 atom stereocenters. The van der Waals surface area contributed by atoms with E-state index >= 15 is 0 Å². The zero-order valence-electron chi connectivity index (χ0n) is 10.5. The molecule has 0 aliphatic carbocycles. The van der Waals surface area contributed by atoms with Crippen LogP contribution in [0.4, 0.5) is 13.2 Å². The van der Waals surface area contributed by atoms with E-state index in [1.807, 2.05) is 0 Å². The van der Waals surface area contributed by atoms with Crippen molar-refractivity contribution in [3.63, 3.8) is 0 Å². The van der Waals surface area contributed by atoms with E-state index in [9.17, 15) is 13.2 Å². The lowest BCUT2D eigenvalue weighted by atomic mass is 9.98. The number of aryl methyl sites for hydroxylation is 1. The summed E-state index contributed by atoms with van der Waals surface area (Å²) in [4.78, 5) is 0.848. The van der Waals surface area contributed by atoms with Gasteiger partial charge in [0.15, 0.2) is 0 Å². The summed E-state index contributed by atoms with van der Waals surface area (Å²) in [6, 6.07) is 6.77. The van der Waals surface area contributed by atoms with Crippen molar-refractivity contribution in [1.29, 1.82) is 0 Å². The van der Waals surface area contributed by atoms with Gasteiger partial charge in [-0.25, -0.2) is 5.43 Å². The smallest absolute Gasteiger partial charge is 0.271 e. The molecule has 0 radical (unpaired) electrons. The van der Waals surface area contributed by atoms with Gasteiger partial charge < -0.3 is 0 Å². The molecule has 0 fully saturated rings. The number of nitrogens with two attached hydrogens (primary N) is 1. The first-order chi connectivity index (χ1) is 9.32. The van der Waals surface area contributed by atoms with Crippen LogP contribution in [0, 0.1) is 6.92 Å². The molecule has 108 valence electrons. The molecule has 2 aromatic rings. The van der Waals surface area contributed by atoms with E-state index in [1.54, 1.807) is 19.1 Å². The van der Waals surface area contributed by atoms with Crippen molar-refractivity contribution in [2.75, 3.05) is 0 Å². The Kier molecular flexibility index (Phi) is 4.39. The lowest BCUT2D eigenvalue weighted by molar-refractivity contribution is -0.137. The van der Waals surface area contributed by atoms with Crippen LogP contribution in [0.1, 0.15) is 27.6 Å². The fourth-order valence-electron chi connectivity index (χ4n) is 1.98. The van der Waals surface area contributed by atoms with E-state index < -0.39 is 11.7 Å². The number of alkyl halides is 3. The summed E-state index contributed by atoms with van der Waals surface area (Å²) >= 11 is 7.21. The highest BCUT2D eigenvalue weighted by molar-refractivity contribution is 7.16. The van der Waals surface area contributed by atoms with Crippen molar-refractivity contribution in [3.05, 3.63) is 56.2 Å². The van der Waals surface area contributed by atoms with E-state index in [1.165, 1.54) is 17.4 Å². The average Bonchev–Trinajstić information content (AvgIpc) is 2.77. The Hall–Kier alpha value is -1.08. The van der Waals surface area contributed by atoms with Crippen molar-refractivity contribution in [1.82, 2.24) is 5.43 Å². The van der Waals surface area contributed by atoms with Crippen molar-refractivity contribution < 1.29 is 13.2 Å².